The average molecular weight is 422 g/mol. The van der Waals surface area contributed by atoms with E-state index in [1.165, 1.54) is 30.5 Å². The second kappa shape index (κ2) is 8.58. The second-order valence-electron chi connectivity index (χ2n) is 5.54. The highest BCUT2D eigenvalue weighted by molar-refractivity contribution is 6.30. The number of nitrogens with one attached hydrogen (secondary N) is 1. The summed E-state index contributed by atoms with van der Waals surface area (Å²) in [7, 11) is 0. The zero-order chi connectivity index (χ0) is 21.0. The molecule has 150 valence electrons. The van der Waals surface area contributed by atoms with Gasteiger partial charge < -0.3 is 20.9 Å². The van der Waals surface area contributed by atoms with E-state index in [-0.39, 0.29) is 29.0 Å². The molecular formula is C16H13ClFN7O4. The highest BCUT2D eigenvalue weighted by atomic mass is 35.5. The summed E-state index contributed by atoms with van der Waals surface area (Å²) in [5.74, 6) is -3.13. The number of carboxylic acid groups (broad SMARTS) is 1. The van der Waals surface area contributed by atoms with Crippen LogP contribution >= 0.6 is 11.6 Å². The van der Waals surface area contributed by atoms with E-state index >= 15 is 0 Å². The maximum atomic E-state index is 13.7. The van der Waals surface area contributed by atoms with E-state index < -0.39 is 23.7 Å². The molecule has 1 unspecified atom stereocenters. The van der Waals surface area contributed by atoms with Crippen molar-refractivity contribution in [1.82, 2.24) is 30.5 Å². The third-order valence-corrected chi connectivity index (χ3v) is 3.72. The van der Waals surface area contributed by atoms with Crippen LogP contribution in [0, 0.1) is 5.82 Å². The van der Waals surface area contributed by atoms with Gasteiger partial charge in [0.15, 0.2) is 5.82 Å². The molecule has 0 spiro atoms. The molecule has 0 saturated heterocycles. The van der Waals surface area contributed by atoms with Gasteiger partial charge >= 0.3 is 5.97 Å². The number of aliphatic carboxylic acids is 1. The summed E-state index contributed by atoms with van der Waals surface area (Å²) in [5.41, 5.74) is 5.70. The number of ether oxygens (including phenoxy) is 1. The number of hydrogen-bond donors (Lipinski definition) is 3. The first-order valence-corrected chi connectivity index (χ1v) is 8.38. The molecule has 0 saturated carbocycles. The zero-order valence-corrected chi connectivity index (χ0v) is 15.2. The fourth-order valence-electron chi connectivity index (χ4n) is 2.10. The van der Waals surface area contributed by atoms with E-state index in [1.54, 1.807) is 0 Å². The molecule has 29 heavy (non-hydrogen) atoms. The molecule has 1 atom stereocenters. The maximum absolute atomic E-state index is 13.7. The minimum absolute atomic E-state index is 0.142. The summed E-state index contributed by atoms with van der Waals surface area (Å²) in [6, 6.07) is 5.88. The molecule has 11 nitrogen and oxygen atoms in total. The molecule has 0 bridgehead atoms. The number of carbonyl (C=O) groups excluding carboxylic acids is 1. The van der Waals surface area contributed by atoms with Crippen LogP contribution in [0.4, 0.5) is 4.39 Å². The maximum Gasteiger partial charge on any atom is 0.327 e. The molecule has 3 aromatic rings. The summed E-state index contributed by atoms with van der Waals surface area (Å²) >= 11 is 5.64. The molecule has 0 fully saturated rings. The Morgan fingerprint density at radius 1 is 1.34 bits per heavy atom. The normalized spacial score (nSPS) is 11.7. The van der Waals surface area contributed by atoms with Crippen LogP contribution < -0.4 is 15.8 Å². The van der Waals surface area contributed by atoms with Gasteiger partial charge in [-0.1, -0.05) is 11.6 Å². The van der Waals surface area contributed by atoms with Crippen LogP contribution in [-0.2, 0) is 4.79 Å². The molecule has 1 amide bonds. The van der Waals surface area contributed by atoms with Crippen molar-refractivity contribution in [3.63, 3.8) is 0 Å². The predicted octanol–water partition coefficient (Wildman–Crippen LogP) is 0.784. The van der Waals surface area contributed by atoms with E-state index in [0.29, 0.717) is 5.69 Å². The number of carboxylic acids is 1. The van der Waals surface area contributed by atoms with Crippen LogP contribution in [0.25, 0.3) is 5.69 Å². The molecule has 0 aliphatic rings. The van der Waals surface area contributed by atoms with Gasteiger partial charge in [0, 0.05) is 12.7 Å². The van der Waals surface area contributed by atoms with Gasteiger partial charge in [-0.15, -0.1) is 15.0 Å². The summed E-state index contributed by atoms with van der Waals surface area (Å²) in [6.45, 7) is -0.292. The van der Waals surface area contributed by atoms with Gasteiger partial charge in [0.2, 0.25) is 0 Å². The monoisotopic (exact) mass is 421 g/mol. The van der Waals surface area contributed by atoms with Crippen molar-refractivity contribution in [2.75, 3.05) is 6.54 Å². The fraction of sp³-hybridized carbons (Fsp3) is 0.125. The standard InChI is InChI=1S/C16H13ClFN7O4/c17-8-5-11(18)15(20-7-8)29-10-3-1-9(2-4-10)25-23-13(22-24-25)14(26)21-12(6-19)16(27)28/h1-5,7,12H,6,19H2,(H,21,26)(H,27,28). The number of aromatic nitrogens is 5. The molecule has 4 N–H and O–H groups in total. The van der Waals surface area contributed by atoms with E-state index in [0.717, 1.165) is 10.9 Å². The number of tetrazole rings is 1. The summed E-state index contributed by atoms with van der Waals surface area (Å²) in [5, 5.41) is 22.4. The van der Waals surface area contributed by atoms with Crippen LogP contribution in [0.5, 0.6) is 11.6 Å². The lowest BCUT2D eigenvalue weighted by Gasteiger charge is -2.09. The Morgan fingerprint density at radius 3 is 2.69 bits per heavy atom. The molecule has 1 aromatic carbocycles. The van der Waals surface area contributed by atoms with Gasteiger partial charge in [-0.3, -0.25) is 4.79 Å². The smallest absolute Gasteiger partial charge is 0.327 e. The number of pyridine rings is 1. The van der Waals surface area contributed by atoms with Crippen molar-refractivity contribution in [2.45, 2.75) is 6.04 Å². The Balaban J connectivity index is 1.70. The quantitative estimate of drug-likeness (QED) is 0.501. The Morgan fingerprint density at radius 2 is 2.07 bits per heavy atom. The fourth-order valence-corrected chi connectivity index (χ4v) is 2.24. The van der Waals surface area contributed by atoms with E-state index in [2.05, 4.69) is 25.7 Å². The SMILES string of the molecule is NCC(NC(=O)c1nnn(-c2ccc(Oc3ncc(Cl)cc3F)cc2)n1)C(=O)O. The van der Waals surface area contributed by atoms with Crippen molar-refractivity contribution < 1.29 is 23.8 Å². The highest BCUT2D eigenvalue weighted by Gasteiger charge is 2.22. The van der Waals surface area contributed by atoms with E-state index in [1.807, 2.05) is 0 Å². The molecule has 0 aliphatic carbocycles. The van der Waals surface area contributed by atoms with Crippen molar-refractivity contribution in [1.29, 1.82) is 0 Å². The molecule has 13 heteroatoms. The number of nitrogens with zero attached hydrogens (tertiary/aromatic N) is 5. The predicted molar refractivity (Wildman–Crippen MR) is 96.4 cm³/mol. The van der Waals surface area contributed by atoms with E-state index in [9.17, 15) is 14.0 Å². The van der Waals surface area contributed by atoms with E-state index in [4.69, 9.17) is 27.2 Å². The molecule has 0 radical (unpaired) electrons. The minimum Gasteiger partial charge on any atom is -0.480 e. The van der Waals surface area contributed by atoms with Gasteiger partial charge in [0.25, 0.3) is 17.6 Å². The van der Waals surface area contributed by atoms with Gasteiger partial charge in [-0.25, -0.2) is 14.2 Å². The van der Waals surface area contributed by atoms with Gasteiger partial charge in [0.1, 0.15) is 11.8 Å². The number of benzene rings is 1. The average Bonchev–Trinajstić information content (AvgIpc) is 3.19. The van der Waals surface area contributed by atoms with Crippen LogP contribution in [-0.4, -0.2) is 54.8 Å². The van der Waals surface area contributed by atoms with Crippen molar-refractivity contribution >= 4 is 23.5 Å². The Hall–Kier alpha value is -3.64. The van der Waals surface area contributed by atoms with Crippen molar-refractivity contribution in [3.8, 4) is 17.3 Å². The minimum atomic E-state index is -1.28. The Labute approximate surface area is 167 Å². The molecule has 2 heterocycles. The van der Waals surface area contributed by atoms with Gasteiger partial charge in [0.05, 0.1) is 10.7 Å². The number of halogens is 2. The summed E-state index contributed by atoms with van der Waals surface area (Å²) < 4.78 is 19.1. The van der Waals surface area contributed by atoms with Gasteiger partial charge in [-0.2, -0.15) is 0 Å². The number of carbonyl (C=O) groups is 2. The molecular weight excluding hydrogens is 409 g/mol. The summed E-state index contributed by atoms with van der Waals surface area (Å²) in [6.07, 6.45) is 1.25. The number of nitrogens with two attached hydrogens (primary N) is 1. The number of amides is 1. The first-order valence-electron chi connectivity index (χ1n) is 8.00. The lowest BCUT2D eigenvalue weighted by atomic mass is 10.3. The largest absolute Gasteiger partial charge is 0.480 e. The van der Waals surface area contributed by atoms with Crippen LogP contribution in [0.15, 0.2) is 36.5 Å². The topological polar surface area (TPSA) is 158 Å². The lowest BCUT2D eigenvalue weighted by Crippen LogP contribution is -2.46. The molecule has 0 aliphatic heterocycles. The highest BCUT2D eigenvalue weighted by Crippen LogP contribution is 2.24. The Bertz CT molecular complexity index is 1040. The molecule has 3 rings (SSSR count). The number of hydrogen-bond acceptors (Lipinski definition) is 8. The lowest BCUT2D eigenvalue weighted by molar-refractivity contribution is -0.138. The van der Waals surface area contributed by atoms with Crippen LogP contribution in [0.1, 0.15) is 10.6 Å². The van der Waals surface area contributed by atoms with Crippen molar-refractivity contribution in [2.24, 2.45) is 5.73 Å². The van der Waals surface area contributed by atoms with Crippen LogP contribution in [0.2, 0.25) is 5.02 Å². The zero-order valence-electron chi connectivity index (χ0n) is 14.5. The molecule has 2 aromatic heterocycles. The number of rotatable bonds is 7. The summed E-state index contributed by atoms with van der Waals surface area (Å²) in [4.78, 5) is 27.7. The third kappa shape index (κ3) is 4.80. The first kappa shape index (κ1) is 20.1. The second-order valence-corrected chi connectivity index (χ2v) is 5.98. The van der Waals surface area contributed by atoms with Crippen LogP contribution in [0.3, 0.4) is 0 Å². The third-order valence-electron chi connectivity index (χ3n) is 3.51. The Kier molecular flexibility index (Phi) is 5.95. The van der Waals surface area contributed by atoms with Gasteiger partial charge in [-0.05, 0) is 35.5 Å². The first-order chi connectivity index (χ1) is 13.9. The van der Waals surface area contributed by atoms with Crippen molar-refractivity contribution in [3.05, 3.63) is 53.2 Å².